The third-order valence-corrected chi connectivity index (χ3v) is 2.26. The van der Waals surface area contributed by atoms with E-state index in [9.17, 15) is 0 Å². The van der Waals surface area contributed by atoms with Gasteiger partial charge in [0, 0.05) is 19.8 Å². The predicted molar refractivity (Wildman–Crippen MR) is 48.3 cm³/mol. The Balaban J connectivity index is 2.26. The molecule has 2 unspecified atom stereocenters. The summed E-state index contributed by atoms with van der Waals surface area (Å²) in [5, 5.41) is 3.47. The number of hydrogen-bond donors (Lipinski definition) is 1. The van der Waals surface area contributed by atoms with Crippen molar-refractivity contribution < 1.29 is 9.47 Å². The third kappa shape index (κ3) is 2.73. The third-order valence-electron chi connectivity index (χ3n) is 2.26. The molecule has 0 saturated carbocycles. The van der Waals surface area contributed by atoms with Crippen LogP contribution in [0.3, 0.4) is 0 Å². The Bertz CT molecular complexity index is 119. The first-order valence-corrected chi connectivity index (χ1v) is 4.72. The minimum Gasteiger partial charge on any atom is -0.379 e. The van der Waals surface area contributed by atoms with Gasteiger partial charge < -0.3 is 14.8 Å². The normalized spacial score (nSPS) is 30.5. The van der Waals surface area contributed by atoms with Gasteiger partial charge in [-0.2, -0.15) is 0 Å². The summed E-state index contributed by atoms with van der Waals surface area (Å²) in [5.41, 5.74) is 0. The van der Waals surface area contributed by atoms with Gasteiger partial charge in [0.15, 0.2) is 0 Å². The molecule has 0 bridgehead atoms. The molecule has 12 heavy (non-hydrogen) atoms. The second kappa shape index (κ2) is 5.51. The molecule has 2 atom stereocenters. The van der Waals surface area contributed by atoms with E-state index in [0.717, 1.165) is 26.2 Å². The zero-order chi connectivity index (χ0) is 8.81. The van der Waals surface area contributed by atoms with E-state index in [-0.39, 0.29) is 6.10 Å². The lowest BCUT2D eigenvalue weighted by Gasteiger charge is -2.31. The highest BCUT2D eigenvalue weighted by atomic mass is 16.5. The topological polar surface area (TPSA) is 30.5 Å². The van der Waals surface area contributed by atoms with Gasteiger partial charge in [0.1, 0.15) is 0 Å². The van der Waals surface area contributed by atoms with Crippen LogP contribution in [0.2, 0.25) is 0 Å². The van der Waals surface area contributed by atoms with Crippen molar-refractivity contribution in [3.63, 3.8) is 0 Å². The first kappa shape index (κ1) is 9.96. The van der Waals surface area contributed by atoms with Crippen LogP contribution in [0.1, 0.15) is 19.8 Å². The first-order valence-electron chi connectivity index (χ1n) is 4.72. The lowest BCUT2D eigenvalue weighted by molar-refractivity contribution is -0.0496. The molecule has 1 aliphatic rings. The maximum absolute atomic E-state index is 5.32. The quantitative estimate of drug-likeness (QED) is 0.682. The molecule has 0 spiro atoms. The van der Waals surface area contributed by atoms with E-state index < -0.39 is 0 Å². The zero-order valence-electron chi connectivity index (χ0n) is 8.01. The number of ether oxygens (including phenoxy) is 2. The molecule has 1 heterocycles. The summed E-state index contributed by atoms with van der Waals surface area (Å²) in [6, 6.07) is 0.490. The van der Waals surface area contributed by atoms with Gasteiger partial charge in [-0.3, -0.25) is 0 Å². The highest BCUT2D eigenvalue weighted by Crippen LogP contribution is 2.10. The molecule has 0 aromatic rings. The van der Waals surface area contributed by atoms with Crippen molar-refractivity contribution in [1.29, 1.82) is 0 Å². The van der Waals surface area contributed by atoms with Crippen LogP contribution in [0, 0.1) is 0 Å². The van der Waals surface area contributed by atoms with Crippen LogP contribution in [-0.4, -0.2) is 39.0 Å². The molecule has 3 heteroatoms. The maximum Gasteiger partial charge on any atom is 0.0957 e. The largest absolute Gasteiger partial charge is 0.379 e. The average molecular weight is 173 g/mol. The van der Waals surface area contributed by atoms with Gasteiger partial charge in [0.2, 0.25) is 0 Å². The van der Waals surface area contributed by atoms with E-state index in [0.29, 0.717) is 6.04 Å². The van der Waals surface area contributed by atoms with Crippen LogP contribution in [-0.2, 0) is 9.47 Å². The molecular formula is C9H19NO2. The van der Waals surface area contributed by atoms with Crippen LogP contribution in [0.5, 0.6) is 0 Å². The van der Waals surface area contributed by atoms with E-state index in [1.54, 1.807) is 7.11 Å². The molecular weight excluding hydrogens is 154 g/mol. The van der Waals surface area contributed by atoms with Crippen molar-refractivity contribution in [2.75, 3.05) is 26.9 Å². The molecule has 0 aliphatic carbocycles. The van der Waals surface area contributed by atoms with Gasteiger partial charge in [0.25, 0.3) is 0 Å². The minimum absolute atomic E-state index is 0.241. The molecule has 0 amide bonds. The van der Waals surface area contributed by atoms with Crippen molar-refractivity contribution in [3.8, 4) is 0 Å². The summed E-state index contributed by atoms with van der Waals surface area (Å²) in [6.45, 7) is 4.85. The number of hydrogen-bond acceptors (Lipinski definition) is 3. The molecule has 1 saturated heterocycles. The summed E-state index contributed by atoms with van der Waals surface area (Å²) < 4.78 is 10.6. The fraction of sp³-hybridized carbons (Fsp3) is 1.00. The fourth-order valence-electron chi connectivity index (χ4n) is 1.51. The van der Waals surface area contributed by atoms with Crippen molar-refractivity contribution in [2.24, 2.45) is 0 Å². The molecule has 0 aromatic heterocycles. The van der Waals surface area contributed by atoms with Crippen molar-refractivity contribution in [3.05, 3.63) is 0 Å². The van der Waals surface area contributed by atoms with Crippen LogP contribution < -0.4 is 5.32 Å². The van der Waals surface area contributed by atoms with Crippen molar-refractivity contribution in [1.82, 2.24) is 5.32 Å². The van der Waals surface area contributed by atoms with E-state index in [1.165, 1.54) is 6.42 Å². The standard InChI is InChI=1S/C9H19NO2/c1-3-5-10-8-4-6-12-7-9(8)11-2/h8-10H,3-7H2,1-2H3. The summed E-state index contributed by atoms with van der Waals surface area (Å²) >= 11 is 0. The Labute approximate surface area is 74.4 Å². The second-order valence-electron chi connectivity index (χ2n) is 3.20. The van der Waals surface area contributed by atoms with Crippen LogP contribution in [0.15, 0.2) is 0 Å². The fourth-order valence-corrected chi connectivity index (χ4v) is 1.51. The average Bonchev–Trinajstić information content (AvgIpc) is 2.15. The smallest absolute Gasteiger partial charge is 0.0957 e. The zero-order valence-corrected chi connectivity index (χ0v) is 8.01. The van der Waals surface area contributed by atoms with Crippen LogP contribution in [0.4, 0.5) is 0 Å². The minimum atomic E-state index is 0.241. The molecule has 72 valence electrons. The Hall–Kier alpha value is -0.120. The maximum atomic E-state index is 5.32. The monoisotopic (exact) mass is 173 g/mol. The molecule has 1 fully saturated rings. The van der Waals surface area contributed by atoms with Gasteiger partial charge in [0.05, 0.1) is 12.7 Å². The molecule has 1 aliphatic heterocycles. The van der Waals surface area contributed by atoms with E-state index in [2.05, 4.69) is 12.2 Å². The second-order valence-corrected chi connectivity index (χ2v) is 3.20. The molecule has 3 nitrogen and oxygen atoms in total. The molecule has 0 radical (unpaired) electrons. The van der Waals surface area contributed by atoms with Gasteiger partial charge in [-0.15, -0.1) is 0 Å². The van der Waals surface area contributed by atoms with Gasteiger partial charge in [-0.25, -0.2) is 0 Å². The number of nitrogens with one attached hydrogen (secondary N) is 1. The molecule has 1 rings (SSSR count). The lowest BCUT2D eigenvalue weighted by Crippen LogP contribution is -2.47. The van der Waals surface area contributed by atoms with Crippen LogP contribution in [0.25, 0.3) is 0 Å². The van der Waals surface area contributed by atoms with Crippen molar-refractivity contribution in [2.45, 2.75) is 31.9 Å². The van der Waals surface area contributed by atoms with Gasteiger partial charge >= 0.3 is 0 Å². The van der Waals surface area contributed by atoms with E-state index in [1.807, 2.05) is 0 Å². The van der Waals surface area contributed by atoms with Crippen LogP contribution >= 0.6 is 0 Å². The Kier molecular flexibility index (Phi) is 4.58. The predicted octanol–water partition coefficient (Wildman–Crippen LogP) is 0.790. The Morgan fingerprint density at radius 2 is 2.42 bits per heavy atom. The van der Waals surface area contributed by atoms with E-state index >= 15 is 0 Å². The first-order chi connectivity index (χ1) is 5.88. The lowest BCUT2D eigenvalue weighted by atomic mass is 10.1. The van der Waals surface area contributed by atoms with Gasteiger partial charge in [-0.1, -0.05) is 6.92 Å². The summed E-state index contributed by atoms with van der Waals surface area (Å²) in [6.07, 6.45) is 2.48. The molecule has 0 aromatic carbocycles. The number of methoxy groups -OCH3 is 1. The molecule has 1 N–H and O–H groups in total. The van der Waals surface area contributed by atoms with Crippen molar-refractivity contribution >= 4 is 0 Å². The number of rotatable bonds is 4. The summed E-state index contributed by atoms with van der Waals surface area (Å²) in [7, 11) is 1.75. The highest BCUT2D eigenvalue weighted by Gasteiger charge is 2.24. The Morgan fingerprint density at radius 1 is 1.58 bits per heavy atom. The highest BCUT2D eigenvalue weighted by molar-refractivity contribution is 4.79. The summed E-state index contributed by atoms with van der Waals surface area (Å²) in [5.74, 6) is 0. The summed E-state index contributed by atoms with van der Waals surface area (Å²) in [4.78, 5) is 0. The SMILES string of the molecule is CCCNC1CCOCC1OC. The van der Waals surface area contributed by atoms with Gasteiger partial charge in [-0.05, 0) is 19.4 Å². The van der Waals surface area contributed by atoms with E-state index in [4.69, 9.17) is 9.47 Å². The Morgan fingerprint density at radius 3 is 3.08 bits per heavy atom.